The summed E-state index contributed by atoms with van der Waals surface area (Å²) in [5.41, 5.74) is 2.93. The van der Waals surface area contributed by atoms with E-state index in [0.717, 1.165) is 16.7 Å². The Labute approximate surface area is 201 Å². The Hall–Kier alpha value is -2.55. The Morgan fingerprint density at radius 1 is 1.16 bits per heavy atom. The normalized spacial score (nSPS) is 14.6. The molecule has 0 amide bonds. The molecule has 1 heterocycles. The van der Waals surface area contributed by atoms with Gasteiger partial charge in [-0.3, -0.25) is 0 Å². The summed E-state index contributed by atoms with van der Waals surface area (Å²) in [6, 6.07) is 17.0. The van der Waals surface area contributed by atoms with Crippen molar-refractivity contribution in [3.8, 4) is 11.5 Å². The summed E-state index contributed by atoms with van der Waals surface area (Å²) in [5, 5.41) is 31.6. The molecule has 0 saturated heterocycles. The lowest BCUT2D eigenvalue weighted by Crippen LogP contribution is -2.24. The van der Waals surface area contributed by atoms with Crippen molar-refractivity contribution in [2.45, 2.75) is 25.0 Å². The lowest BCUT2D eigenvalue weighted by atomic mass is 9.89. The summed E-state index contributed by atoms with van der Waals surface area (Å²) in [4.78, 5) is 0. The van der Waals surface area contributed by atoms with Crippen molar-refractivity contribution in [1.82, 2.24) is 0 Å². The van der Waals surface area contributed by atoms with Gasteiger partial charge in [-0.05, 0) is 76.4 Å². The van der Waals surface area contributed by atoms with E-state index >= 15 is 0 Å². The minimum atomic E-state index is -0.968. The van der Waals surface area contributed by atoms with E-state index < -0.39 is 18.1 Å². The number of allylic oxidation sites excluding steroid dienone is 1. The maximum absolute atomic E-state index is 10.8. The predicted molar refractivity (Wildman–Crippen MR) is 134 cm³/mol. The van der Waals surface area contributed by atoms with Crippen LogP contribution in [0.4, 0.5) is 0 Å². The number of halogens is 1. The molecule has 3 rings (SSSR count). The summed E-state index contributed by atoms with van der Waals surface area (Å²) < 4.78 is 11.3. The highest BCUT2D eigenvalue weighted by molar-refractivity contribution is 14.1. The fourth-order valence-electron chi connectivity index (χ4n) is 3.63. The number of ether oxygens (including phenoxy) is 1. The van der Waals surface area contributed by atoms with Crippen LogP contribution in [0.25, 0.3) is 11.6 Å². The van der Waals surface area contributed by atoms with Crippen molar-refractivity contribution in [3.63, 3.8) is 0 Å². The molecule has 0 saturated carbocycles. The van der Waals surface area contributed by atoms with Crippen molar-refractivity contribution in [2.24, 2.45) is 5.92 Å². The van der Waals surface area contributed by atoms with Crippen LogP contribution in [0.5, 0.6) is 11.5 Å². The smallest absolute Gasteiger partial charge is 0.171 e. The number of benzene rings is 2. The first-order valence-electron chi connectivity index (χ1n) is 10.3. The molecule has 3 atom stereocenters. The van der Waals surface area contributed by atoms with E-state index in [1.807, 2.05) is 42.5 Å². The first-order valence-corrected chi connectivity index (χ1v) is 11.4. The predicted octanol–water partition coefficient (Wildman–Crippen LogP) is 5.82. The molecule has 168 valence electrons. The zero-order chi connectivity index (χ0) is 23.1. The highest BCUT2D eigenvalue weighted by Gasteiger charge is 2.27. The molecular weight excluding hydrogens is 519 g/mol. The molecule has 6 heteroatoms. The molecular formula is C26H27IO5. The lowest BCUT2D eigenvalue weighted by Gasteiger charge is -2.24. The minimum absolute atomic E-state index is 0.114. The molecule has 0 aliphatic rings. The highest BCUT2D eigenvalue weighted by Crippen LogP contribution is 2.35. The standard InChI is InChI=1S/C26H27IO5/c1-3-20(25(29)23-10-7-13-32-23)22(28)12-11-19(18-8-5-4-6-9-18)14-17-15-21(27)26(30)24(16-17)31-2/h3-10,13-16,20,22,25,28-30H,1,11-12H2,2H3/b19-14-/t20-,22-,25+/m1/s1. The van der Waals surface area contributed by atoms with E-state index in [1.54, 1.807) is 24.3 Å². The van der Waals surface area contributed by atoms with Crippen LogP contribution in [0.1, 0.15) is 35.8 Å². The maximum Gasteiger partial charge on any atom is 0.171 e. The number of hydrogen-bond donors (Lipinski definition) is 3. The zero-order valence-corrected chi connectivity index (χ0v) is 20.0. The Kier molecular flexibility index (Phi) is 8.55. The summed E-state index contributed by atoms with van der Waals surface area (Å²) in [6.07, 6.45) is 4.30. The van der Waals surface area contributed by atoms with Gasteiger partial charge in [-0.15, -0.1) is 6.58 Å². The monoisotopic (exact) mass is 546 g/mol. The topological polar surface area (TPSA) is 83.1 Å². The van der Waals surface area contributed by atoms with Crippen molar-refractivity contribution in [1.29, 1.82) is 0 Å². The van der Waals surface area contributed by atoms with Crippen LogP contribution in [0.15, 0.2) is 77.9 Å². The molecule has 0 spiro atoms. The highest BCUT2D eigenvalue weighted by atomic mass is 127. The molecule has 2 aromatic carbocycles. The fraction of sp³-hybridized carbons (Fsp3) is 0.231. The van der Waals surface area contributed by atoms with Crippen LogP contribution in [0.2, 0.25) is 0 Å². The number of furan rings is 1. The number of rotatable bonds is 10. The van der Waals surface area contributed by atoms with E-state index in [0.29, 0.717) is 27.9 Å². The Morgan fingerprint density at radius 2 is 1.91 bits per heavy atom. The molecule has 32 heavy (non-hydrogen) atoms. The molecule has 3 N–H and O–H groups in total. The van der Waals surface area contributed by atoms with Crippen LogP contribution < -0.4 is 4.74 Å². The summed E-state index contributed by atoms with van der Waals surface area (Å²) in [5.74, 6) is 0.359. The fourth-order valence-corrected chi connectivity index (χ4v) is 4.25. The molecule has 0 aliphatic carbocycles. The van der Waals surface area contributed by atoms with Crippen molar-refractivity contribution >= 4 is 34.2 Å². The Bertz CT molecular complexity index is 1040. The maximum atomic E-state index is 10.8. The zero-order valence-electron chi connectivity index (χ0n) is 17.8. The second-order valence-corrected chi connectivity index (χ2v) is 8.63. The van der Waals surface area contributed by atoms with E-state index in [1.165, 1.54) is 13.4 Å². The molecule has 0 bridgehead atoms. The second-order valence-electron chi connectivity index (χ2n) is 7.47. The van der Waals surface area contributed by atoms with Gasteiger partial charge >= 0.3 is 0 Å². The van der Waals surface area contributed by atoms with Gasteiger partial charge < -0.3 is 24.5 Å². The third kappa shape index (κ3) is 5.82. The summed E-state index contributed by atoms with van der Waals surface area (Å²) >= 11 is 2.07. The Balaban J connectivity index is 1.85. The van der Waals surface area contributed by atoms with Gasteiger partial charge in [-0.2, -0.15) is 0 Å². The van der Waals surface area contributed by atoms with Crippen LogP contribution in [-0.4, -0.2) is 28.5 Å². The second kappa shape index (κ2) is 11.4. The molecule has 0 aliphatic heterocycles. The largest absolute Gasteiger partial charge is 0.504 e. The number of phenolic OH excluding ortho intramolecular Hbond substituents is 1. The van der Waals surface area contributed by atoms with Gasteiger partial charge in [0, 0.05) is 5.92 Å². The number of aromatic hydroxyl groups is 1. The summed E-state index contributed by atoms with van der Waals surface area (Å²) in [7, 11) is 1.52. The number of phenols is 1. The van der Waals surface area contributed by atoms with Gasteiger partial charge in [0.15, 0.2) is 11.5 Å². The molecule has 1 aromatic heterocycles. The average Bonchev–Trinajstić information content (AvgIpc) is 3.35. The van der Waals surface area contributed by atoms with Crippen LogP contribution in [0, 0.1) is 9.49 Å². The minimum Gasteiger partial charge on any atom is -0.504 e. The number of aliphatic hydroxyl groups is 2. The quantitative estimate of drug-likeness (QED) is 0.170. The molecule has 0 radical (unpaired) electrons. The molecule has 3 aromatic rings. The average molecular weight is 546 g/mol. The van der Waals surface area contributed by atoms with Gasteiger partial charge in [0.1, 0.15) is 11.9 Å². The van der Waals surface area contributed by atoms with Crippen LogP contribution >= 0.6 is 22.6 Å². The number of hydrogen-bond acceptors (Lipinski definition) is 5. The van der Waals surface area contributed by atoms with Gasteiger partial charge in [0.05, 0.1) is 23.0 Å². The number of aliphatic hydroxyl groups excluding tert-OH is 2. The lowest BCUT2D eigenvalue weighted by molar-refractivity contribution is 0.0214. The first kappa shape index (κ1) is 24.1. The third-order valence-corrected chi connectivity index (χ3v) is 6.20. The van der Waals surface area contributed by atoms with E-state index in [4.69, 9.17) is 9.15 Å². The van der Waals surface area contributed by atoms with E-state index in [2.05, 4.69) is 29.2 Å². The SMILES string of the molecule is C=C[C@H]([C@H](O)CC/C(=C/c1cc(I)c(O)c(OC)c1)c1ccccc1)[C@H](O)c1ccco1. The Morgan fingerprint density at radius 3 is 2.53 bits per heavy atom. The van der Waals surface area contributed by atoms with Gasteiger partial charge in [-0.25, -0.2) is 0 Å². The first-order chi connectivity index (χ1) is 15.4. The van der Waals surface area contributed by atoms with Crippen molar-refractivity contribution in [3.05, 3.63) is 94.0 Å². The van der Waals surface area contributed by atoms with Crippen molar-refractivity contribution < 1.29 is 24.5 Å². The number of methoxy groups -OCH3 is 1. The van der Waals surface area contributed by atoms with Gasteiger partial charge in [0.2, 0.25) is 0 Å². The van der Waals surface area contributed by atoms with Gasteiger partial charge in [-0.1, -0.05) is 42.5 Å². The molecule has 0 fully saturated rings. The van der Waals surface area contributed by atoms with E-state index in [-0.39, 0.29) is 5.75 Å². The summed E-state index contributed by atoms with van der Waals surface area (Å²) in [6.45, 7) is 3.79. The van der Waals surface area contributed by atoms with E-state index in [9.17, 15) is 15.3 Å². The van der Waals surface area contributed by atoms with Crippen LogP contribution in [-0.2, 0) is 0 Å². The third-order valence-electron chi connectivity index (χ3n) is 5.38. The van der Waals surface area contributed by atoms with Crippen molar-refractivity contribution in [2.75, 3.05) is 7.11 Å². The van der Waals surface area contributed by atoms with Gasteiger partial charge in [0.25, 0.3) is 0 Å². The molecule has 0 unspecified atom stereocenters. The molecule has 5 nitrogen and oxygen atoms in total. The van der Waals surface area contributed by atoms with Crippen LogP contribution in [0.3, 0.4) is 0 Å².